The fraction of sp³-hybridized carbons (Fsp3) is 0.467. The predicted octanol–water partition coefficient (Wildman–Crippen LogP) is 1.87. The van der Waals surface area contributed by atoms with Gasteiger partial charge in [-0.15, -0.1) is 0 Å². The van der Waals surface area contributed by atoms with Crippen LogP contribution < -0.4 is 10.6 Å². The molecule has 5 nitrogen and oxygen atoms in total. The maximum Gasteiger partial charge on any atom is 0.407 e. The summed E-state index contributed by atoms with van der Waals surface area (Å²) in [4.78, 5) is 22.0. The Hall–Kier alpha value is -1.88. The van der Waals surface area contributed by atoms with E-state index in [1.807, 2.05) is 30.3 Å². The second kappa shape index (κ2) is 9.97. The molecular formula is C15H22N2O3. The average molecular weight is 278 g/mol. The van der Waals surface area contributed by atoms with Crippen LogP contribution in [0.25, 0.3) is 0 Å². The summed E-state index contributed by atoms with van der Waals surface area (Å²) in [5.74, 6) is 0. The van der Waals surface area contributed by atoms with Gasteiger partial charge >= 0.3 is 6.09 Å². The van der Waals surface area contributed by atoms with E-state index in [-0.39, 0.29) is 12.6 Å². The highest BCUT2D eigenvalue weighted by molar-refractivity contribution is 5.67. The lowest BCUT2D eigenvalue weighted by Crippen LogP contribution is -2.28. The van der Waals surface area contributed by atoms with Gasteiger partial charge in [0, 0.05) is 6.54 Å². The predicted molar refractivity (Wildman–Crippen MR) is 77.4 cm³/mol. The third-order valence-corrected chi connectivity index (χ3v) is 2.96. The number of unbranched alkanes of at least 4 members (excludes halogenated alkanes) is 1. The van der Waals surface area contributed by atoms with Gasteiger partial charge in [-0.05, 0) is 31.9 Å². The van der Waals surface area contributed by atoms with Gasteiger partial charge in [-0.2, -0.15) is 0 Å². The number of nitrogens with one attached hydrogen (secondary N) is 2. The van der Waals surface area contributed by atoms with Crippen LogP contribution in [-0.4, -0.2) is 32.0 Å². The van der Waals surface area contributed by atoms with Crippen molar-refractivity contribution >= 4 is 12.4 Å². The Morgan fingerprint density at radius 3 is 2.70 bits per heavy atom. The van der Waals surface area contributed by atoms with Gasteiger partial charge in [-0.1, -0.05) is 30.3 Å². The number of amides is 1. The molecule has 2 N–H and O–H groups in total. The molecular weight excluding hydrogens is 256 g/mol. The molecule has 0 aliphatic carbocycles. The van der Waals surface area contributed by atoms with E-state index in [0.29, 0.717) is 6.54 Å². The van der Waals surface area contributed by atoms with E-state index < -0.39 is 6.09 Å². The third-order valence-electron chi connectivity index (χ3n) is 2.96. The summed E-state index contributed by atoms with van der Waals surface area (Å²) in [5, 5.41) is 5.60. The van der Waals surface area contributed by atoms with Crippen molar-refractivity contribution in [2.75, 3.05) is 13.6 Å². The lowest BCUT2D eigenvalue weighted by atomic mass is 10.1. The molecule has 0 saturated heterocycles. The van der Waals surface area contributed by atoms with E-state index in [0.717, 1.165) is 31.1 Å². The molecule has 0 bridgehead atoms. The normalized spacial score (nSPS) is 11.7. The van der Waals surface area contributed by atoms with E-state index in [2.05, 4.69) is 10.6 Å². The Kier molecular flexibility index (Phi) is 8.07. The van der Waals surface area contributed by atoms with Crippen LogP contribution >= 0.6 is 0 Å². The lowest BCUT2D eigenvalue weighted by Gasteiger charge is -2.09. The first-order valence-electron chi connectivity index (χ1n) is 6.83. The van der Waals surface area contributed by atoms with Crippen molar-refractivity contribution in [2.24, 2.45) is 0 Å². The van der Waals surface area contributed by atoms with Crippen molar-refractivity contribution in [2.45, 2.75) is 31.9 Å². The number of rotatable bonds is 9. The van der Waals surface area contributed by atoms with Crippen molar-refractivity contribution in [1.82, 2.24) is 10.6 Å². The van der Waals surface area contributed by atoms with Crippen molar-refractivity contribution in [3.63, 3.8) is 0 Å². The second-order valence-electron chi connectivity index (χ2n) is 4.52. The van der Waals surface area contributed by atoms with Gasteiger partial charge in [-0.25, -0.2) is 4.79 Å². The zero-order valence-corrected chi connectivity index (χ0v) is 11.8. The van der Waals surface area contributed by atoms with Gasteiger partial charge in [0.15, 0.2) is 0 Å². The van der Waals surface area contributed by atoms with Gasteiger partial charge in [0.25, 0.3) is 0 Å². The van der Waals surface area contributed by atoms with Gasteiger partial charge in [-0.3, -0.25) is 0 Å². The van der Waals surface area contributed by atoms with Crippen LogP contribution in [0.1, 0.15) is 24.8 Å². The summed E-state index contributed by atoms with van der Waals surface area (Å²) in [6.07, 6.45) is 2.98. The SMILES string of the molecule is CNC(C=O)CCCCNC(=O)OCc1ccccc1. The number of aldehydes is 1. The third kappa shape index (κ3) is 6.89. The number of benzene rings is 1. The van der Waals surface area contributed by atoms with Crippen LogP contribution in [0.3, 0.4) is 0 Å². The van der Waals surface area contributed by atoms with Crippen LogP contribution in [0.4, 0.5) is 4.79 Å². The molecule has 0 aliphatic rings. The number of carbonyl (C=O) groups excluding carboxylic acids is 2. The number of hydrogen-bond donors (Lipinski definition) is 2. The Labute approximate surface area is 119 Å². The highest BCUT2D eigenvalue weighted by atomic mass is 16.5. The number of likely N-dealkylation sites (N-methyl/N-ethyl adjacent to an activating group) is 1. The molecule has 0 fully saturated rings. The molecule has 1 atom stereocenters. The zero-order valence-electron chi connectivity index (χ0n) is 11.8. The first-order chi connectivity index (χ1) is 9.76. The summed E-state index contributed by atoms with van der Waals surface area (Å²) < 4.78 is 5.08. The molecule has 5 heteroatoms. The van der Waals surface area contributed by atoms with Gasteiger partial charge in [0.05, 0.1) is 6.04 Å². The van der Waals surface area contributed by atoms with Crippen LogP contribution in [0, 0.1) is 0 Å². The van der Waals surface area contributed by atoms with E-state index >= 15 is 0 Å². The average Bonchev–Trinajstić information content (AvgIpc) is 2.50. The summed E-state index contributed by atoms with van der Waals surface area (Å²) in [5.41, 5.74) is 0.963. The molecule has 0 spiro atoms. The van der Waals surface area contributed by atoms with Crippen molar-refractivity contribution in [3.05, 3.63) is 35.9 Å². The highest BCUT2D eigenvalue weighted by Gasteiger charge is 2.04. The van der Waals surface area contributed by atoms with Crippen LogP contribution in [0.15, 0.2) is 30.3 Å². The molecule has 1 rings (SSSR count). The molecule has 1 aromatic carbocycles. The Morgan fingerprint density at radius 1 is 1.30 bits per heavy atom. The molecule has 0 saturated carbocycles. The van der Waals surface area contributed by atoms with Crippen LogP contribution in [0.5, 0.6) is 0 Å². The second-order valence-corrected chi connectivity index (χ2v) is 4.52. The Morgan fingerprint density at radius 2 is 2.05 bits per heavy atom. The Balaban J connectivity index is 2.04. The van der Waals surface area contributed by atoms with Gasteiger partial charge < -0.3 is 20.2 Å². The fourth-order valence-electron chi connectivity index (χ4n) is 1.73. The first kappa shape index (κ1) is 16.2. The maximum atomic E-state index is 11.4. The van der Waals surface area contributed by atoms with E-state index in [9.17, 15) is 9.59 Å². The van der Waals surface area contributed by atoms with Crippen LogP contribution in [0.2, 0.25) is 0 Å². The summed E-state index contributed by atoms with van der Waals surface area (Å²) in [6.45, 7) is 0.836. The number of alkyl carbamates (subject to hydrolysis) is 1. The molecule has 0 aliphatic heterocycles. The fourth-order valence-corrected chi connectivity index (χ4v) is 1.73. The topological polar surface area (TPSA) is 67.4 Å². The molecule has 1 amide bonds. The quantitative estimate of drug-likeness (QED) is 0.534. The minimum absolute atomic E-state index is 0.0972. The van der Waals surface area contributed by atoms with Crippen LogP contribution in [-0.2, 0) is 16.1 Å². The summed E-state index contributed by atoms with van der Waals surface area (Å²) >= 11 is 0. The standard InChI is InChI=1S/C15H22N2O3/c1-16-14(11-18)9-5-6-10-17-15(19)20-12-13-7-3-2-4-8-13/h2-4,7-8,11,14,16H,5-6,9-10,12H2,1H3,(H,17,19). The number of carbonyl (C=O) groups is 2. The molecule has 0 heterocycles. The number of hydrogen-bond acceptors (Lipinski definition) is 4. The minimum atomic E-state index is -0.408. The zero-order chi connectivity index (χ0) is 14.6. The smallest absolute Gasteiger partial charge is 0.407 e. The first-order valence-corrected chi connectivity index (χ1v) is 6.83. The monoisotopic (exact) mass is 278 g/mol. The maximum absolute atomic E-state index is 11.4. The van der Waals surface area contributed by atoms with E-state index in [1.54, 1.807) is 7.05 Å². The van der Waals surface area contributed by atoms with Crippen molar-refractivity contribution < 1.29 is 14.3 Å². The van der Waals surface area contributed by atoms with E-state index in [1.165, 1.54) is 0 Å². The number of ether oxygens (including phenoxy) is 1. The van der Waals surface area contributed by atoms with E-state index in [4.69, 9.17) is 4.74 Å². The minimum Gasteiger partial charge on any atom is -0.445 e. The molecule has 20 heavy (non-hydrogen) atoms. The molecule has 110 valence electrons. The molecule has 0 radical (unpaired) electrons. The van der Waals surface area contributed by atoms with Crippen molar-refractivity contribution in [1.29, 1.82) is 0 Å². The highest BCUT2D eigenvalue weighted by Crippen LogP contribution is 2.01. The summed E-state index contributed by atoms with van der Waals surface area (Å²) in [6, 6.07) is 9.44. The Bertz CT molecular complexity index is 395. The molecule has 1 aromatic rings. The lowest BCUT2D eigenvalue weighted by molar-refractivity contribution is -0.109. The van der Waals surface area contributed by atoms with Crippen molar-refractivity contribution in [3.8, 4) is 0 Å². The molecule has 0 aromatic heterocycles. The van der Waals surface area contributed by atoms with Gasteiger partial charge in [0.2, 0.25) is 0 Å². The molecule has 1 unspecified atom stereocenters. The largest absolute Gasteiger partial charge is 0.445 e. The summed E-state index contributed by atoms with van der Waals surface area (Å²) in [7, 11) is 1.76. The van der Waals surface area contributed by atoms with Gasteiger partial charge in [0.1, 0.15) is 12.9 Å².